The van der Waals surface area contributed by atoms with E-state index in [1.165, 1.54) is 0 Å². The molecule has 2 rings (SSSR count). The van der Waals surface area contributed by atoms with Gasteiger partial charge in [0.15, 0.2) is 0 Å². The molecule has 2 heterocycles. The Morgan fingerprint density at radius 3 is 2.58 bits per heavy atom. The molecule has 0 saturated carbocycles. The SMILES string of the molecule is Cc1ccc(N2C(=O)CNC(=O)C2C(C)C)c(C)n1. The molecule has 1 atom stereocenters. The van der Waals surface area contributed by atoms with Crippen LogP contribution in [0.2, 0.25) is 0 Å². The van der Waals surface area contributed by atoms with Crippen molar-refractivity contribution in [3.63, 3.8) is 0 Å². The molecule has 1 aromatic heterocycles. The van der Waals surface area contributed by atoms with Crippen molar-refractivity contribution in [2.45, 2.75) is 33.7 Å². The number of aryl methyl sites for hydroxylation is 2. The van der Waals surface area contributed by atoms with E-state index in [4.69, 9.17) is 0 Å². The Morgan fingerprint density at radius 1 is 1.32 bits per heavy atom. The molecule has 0 aliphatic carbocycles. The average Bonchev–Trinajstić information content (AvgIpc) is 2.32. The number of carbonyl (C=O) groups is 2. The first-order chi connectivity index (χ1) is 8.91. The first kappa shape index (κ1) is 13.5. The van der Waals surface area contributed by atoms with Crippen molar-refractivity contribution in [1.29, 1.82) is 0 Å². The van der Waals surface area contributed by atoms with Gasteiger partial charge in [-0.3, -0.25) is 19.5 Å². The molecule has 1 saturated heterocycles. The molecule has 1 fully saturated rings. The van der Waals surface area contributed by atoms with Crippen molar-refractivity contribution in [3.8, 4) is 0 Å². The van der Waals surface area contributed by atoms with Crippen molar-refractivity contribution >= 4 is 17.5 Å². The maximum absolute atomic E-state index is 12.2. The summed E-state index contributed by atoms with van der Waals surface area (Å²) in [5.74, 6) is -0.147. The van der Waals surface area contributed by atoms with Crippen molar-refractivity contribution in [3.05, 3.63) is 23.5 Å². The maximum atomic E-state index is 12.2. The Morgan fingerprint density at radius 2 is 2.00 bits per heavy atom. The van der Waals surface area contributed by atoms with Gasteiger partial charge in [-0.15, -0.1) is 0 Å². The number of rotatable bonds is 2. The zero-order valence-corrected chi connectivity index (χ0v) is 11.7. The molecule has 0 spiro atoms. The van der Waals surface area contributed by atoms with Crippen molar-refractivity contribution in [2.75, 3.05) is 11.4 Å². The number of carbonyl (C=O) groups excluding carboxylic acids is 2. The number of piperazine rings is 1. The maximum Gasteiger partial charge on any atom is 0.247 e. The smallest absolute Gasteiger partial charge is 0.247 e. The van der Waals surface area contributed by atoms with E-state index >= 15 is 0 Å². The third kappa shape index (κ3) is 2.45. The van der Waals surface area contributed by atoms with Gasteiger partial charge < -0.3 is 5.32 Å². The highest BCUT2D eigenvalue weighted by Crippen LogP contribution is 2.26. The van der Waals surface area contributed by atoms with Crippen LogP contribution in [0.5, 0.6) is 0 Å². The molecular formula is C14H19N3O2. The Hall–Kier alpha value is -1.91. The highest BCUT2D eigenvalue weighted by molar-refractivity contribution is 6.06. The van der Waals surface area contributed by atoms with Crippen LogP contribution in [-0.4, -0.2) is 29.4 Å². The summed E-state index contributed by atoms with van der Waals surface area (Å²) >= 11 is 0. The van der Waals surface area contributed by atoms with Crippen molar-refractivity contribution in [1.82, 2.24) is 10.3 Å². The molecule has 1 aliphatic heterocycles. The zero-order chi connectivity index (χ0) is 14.2. The van der Waals surface area contributed by atoms with Crippen LogP contribution in [0.1, 0.15) is 25.2 Å². The lowest BCUT2D eigenvalue weighted by Gasteiger charge is -2.37. The predicted octanol–water partition coefficient (Wildman–Crippen LogP) is 1.19. The summed E-state index contributed by atoms with van der Waals surface area (Å²) in [6, 6.07) is 3.26. The standard InChI is InChI=1S/C14H19N3O2/c1-8(2)13-14(19)15-7-12(18)17(13)11-6-5-9(3)16-10(11)4/h5-6,8,13H,7H2,1-4H3,(H,15,19). The molecule has 1 N–H and O–H groups in total. The van der Waals surface area contributed by atoms with Crippen LogP contribution in [0.15, 0.2) is 12.1 Å². The number of aromatic nitrogens is 1. The summed E-state index contributed by atoms with van der Waals surface area (Å²) in [6.45, 7) is 7.69. The second kappa shape index (κ2) is 4.99. The molecule has 1 aromatic rings. The zero-order valence-electron chi connectivity index (χ0n) is 11.7. The van der Waals surface area contributed by atoms with Crippen LogP contribution in [-0.2, 0) is 9.59 Å². The van der Waals surface area contributed by atoms with Crippen molar-refractivity contribution < 1.29 is 9.59 Å². The van der Waals surface area contributed by atoms with E-state index in [1.54, 1.807) is 4.90 Å². The lowest BCUT2D eigenvalue weighted by Crippen LogP contribution is -2.60. The number of nitrogens with zero attached hydrogens (tertiary/aromatic N) is 2. The van der Waals surface area contributed by atoms with Crippen LogP contribution in [0, 0.1) is 19.8 Å². The fourth-order valence-corrected chi connectivity index (χ4v) is 2.44. The summed E-state index contributed by atoms with van der Waals surface area (Å²) in [6.07, 6.45) is 0. The van der Waals surface area contributed by atoms with Gasteiger partial charge in [0.25, 0.3) is 0 Å². The molecular weight excluding hydrogens is 242 g/mol. The van der Waals surface area contributed by atoms with Gasteiger partial charge in [0.1, 0.15) is 6.04 Å². The topological polar surface area (TPSA) is 62.3 Å². The second-order valence-corrected chi connectivity index (χ2v) is 5.23. The first-order valence-corrected chi connectivity index (χ1v) is 6.46. The van der Waals surface area contributed by atoms with E-state index in [0.29, 0.717) is 0 Å². The predicted molar refractivity (Wildman–Crippen MR) is 72.8 cm³/mol. The average molecular weight is 261 g/mol. The molecule has 0 bridgehead atoms. The van der Waals surface area contributed by atoms with Gasteiger partial charge in [-0.2, -0.15) is 0 Å². The fraction of sp³-hybridized carbons (Fsp3) is 0.500. The van der Waals surface area contributed by atoms with E-state index in [9.17, 15) is 9.59 Å². The lowest BCUT2D eigenvalue weighted by atomic mass is 9.98. The summed E-state index contributed by atoms with van der Waals surface area (Å²) in [4.78, 5) is 30.2. The summed E-state index contributed by atoms with van der Waals surface area (Å²) in [7, 11) is 0. The van der Waals surface area contributed by atoms with Gasteiger partial charge in [0, 0.05) is 5.69 Å². The third-order valence-corrected chi connectivity index (χ3v) is 3.32. The second-order valence-electron chi connectivity index (χ2n) is 5.23. The number of hydrogen-bond donors (Lipinski definition) is 1. The number of amides is 2. The molecule has 5 heteroatoms. The van der Waals surface area contributed by atoms with Crippen LogP contribution in [0.25, 0.3) is 0 Å². The first-order valence-electron chi connectivity index (χ1n) is 6.46. The molecule has 1 unspecified atom stereocenters. The Bertz CT molecular complexity index is 525. The minimum Gasteiger partial charge on any atom is -0.345 e. The molecule has 19 heavy (non-hydrogen) atoms. The van der Waals surface area contributed by atoms with E-state index in [1.807, 2.05) is 39.8 Å². The normalized spacial score (nSPS) is 19.8. The molecule has 1 aliphatic rings. The Kier molecular flexibility index (Phi) is 3.55. The van der Waals surface area contributed by atoms with E-state index < -0.39 is 6.04 Å². The van der Waals surface area contributed by atoms with Crippen LogP contribution in [0.3, 0.4) is 0 Å². The summed E-state index contributed by atoms with van der Waals surface area (Å²) in [5.41, 5.74) is 2.40. The third-order valence-electron chi connectivity index (χ3n) is 3.32. The van der Waals surface area contributed by atoms with Gasteiger partial charge >= 0.3 is 0 Å². The Labute approximate surface area is 113 Å². The number of anilines is 1. The van der Waals surface area contributed by atoms with E-state index in [2.05, 4.69) is 10.3 Å². The van der Waals surface area contributed by atoms with Gasteiger partial charge in [0.2, 0.25) is 11.8 Å². The minimum absolute atomic E-state index is 0.0463. The monoisotopic (exact) mass is 261 g/mol. The van der Waals surface area contributed by atoms with Gasteiger partial charge in [-0.05, 0) is 31.9 Å². The van der Waals surface area contributed by atoms with Gasteiger partial charge in [-0.1, -0.05) is 13.8 Å². The fourth-order valence-electron chi connectivity index (χ4n) is 2.44. The highest BCUT2D eigenvalue weighted by atomic mass is 16.2. The van der Waals surface area contributed by atoms with Crippen LogP contribution >= 0.6 is 0 Å². The number of pyridine rings is 1. The lowest BCUT2D eigenvalue weighted by molar-refractivity contribution is -0.131. The van der Waals surface area contributed by atoms with E-state index in [0.717, 1.165) is 17.1 Å². The van der Waals surface area contributed by atoms with Gasteiger partial charge in [-0.25, -0.2) is 0 Å². The Balaban J connectivity index is 2.48. The highest BCUT2D eigenvalue weighted by Gasteiger charge is 2.38. The number of hydrogen-bond acceptors (Lipinski definition) is 3. The molecule has 2 amide bonds. The quantitative estimate of drug-likeness (QED) is 0.869. The van der Waals surface area contributed by atoms with Crippen molar-refractivity contribution in [2.24, 2.45) is 5.92 Å². The van der Waals surface area contributed by atoms with Gasteiger partial charge in [0.05, 0.1) is 17.9 Å². The van der Waals surface area contributed by atoms with Crippen LogP contribution in [0.4, 0.5) is 5.69 Å². The molecule has 5 nitrogen and oxygen atoms in total. The van der Waals surface area contributed by atoms with Crippen LogP contribution < -0.4 is 10.2 Å². The minimum atomic E-state index is -0.468. The largest absolute Gasteiger partial charge is 0.345 e. The summed E-state index contributed by atoms with van der Waals surface area (Å²) in [5, 5.41) is 2.64. The number of nitrogens with one attached hydrogen (secondary N) is 1. The molecule has 0 radical (unpaired) electrons. The van der Waals surface area contributed by atoms with E-state index in [-0.39, 0.29) is 24.3 Å². The molecule has 0 aromatic carbocycles. The summed E-state index contributed by atoms with van der Waals surface area (Å²) < 4.78 is 0. The molecule has 102 valence electrons.